The first kappa shape index (κ1) is 9.83. The maximum absolute atomic E-state index is 11.5. The van der Waals surface area contributed by atoms with Crippen LogP contribution in [0.5, 0.6) is 0 Å². The molecule has 1 aromatic carbocycles. The fourth-order valence-corrected chi connectivity index (χ4v) is 1.65. The average molecular weight is 206 g/mol. The smallest absolute Gasteiger partial charge is 0.367 e. The molecule has 0 radical (unpaired) electrons. The highest BCUT2D eigenvalue weighted by Gasteiger charge is 2.11. The van der Waals surface area contributed by atoms with Crippen LogP contribution in [-0.2, 0) is 6.54 Å². The van der Waals surface area contributed by atoms with E-state index in [0.717, 1.165) is 5.52 Å². The first-order valence-electron chi connectivity index (χ1n) is 4.98. The molecule has 0 atom stereocenters. The van der Waals surface area contributed by atoms with Crippen molar-refractivity contribution < 1.29 is 4.52 Å². The van der Waals surface area contributed by atoms with E-state index in [1.807, 2.05) is 12.1 Å². The van der Waals surface area contributed by atoms with E-state index < -0.39 is 0 Å². The molecular formula is C11H14N2O2. The van der Waals surface area contributed by atoms with E-state index in [-0.39, 0.29) is 5.63 Å². The zero-order chi connectivity index (χ0) is 11.0. The number of hydrogen-bond acceptors (Lipinski definition) is 3. The number of anilines is 1. The molecule has 1 heterocycles. The summed E-state index contributed by atoms with van der Waals surface area (Å²) < 4.78 is 6.75. The van der Waals surface area contributed by atoms with Gasteiger partial charge in [0.15, 0.2) is 0 Å². The van der Waals surface area contributed by atoms with E-state index in [9.17, 15) is 4.79 Å². The van der Waals surface area contributed by atoms with Crippen molar-refractivity contribution in [2.45, 2.75) is 20.4 Å². The van der Waals surface area contributed by atoms with Gasteiger partial charge in [-0.25, -0.2) is 9.53 Å². The van der Waals surface area contributed by atoms with Crippen LogP contribution in [0.4, 0.5) is 5.69 Å². The third-order valence-electron chi connectivity index (χ3n) is 2.27. The normalized spacial score (nSPS) is 11.4. The highest BCUT2D eigenvalue weighted by atomic mass is 16.5. The molecule has 0 saturated heterocycles. The van der Waals surface area contributed by atoms with Crippen molar-refractivity contribution in [2.24, 2.45) is 5.92 Å². The van der Waals surface area contributed by atoms with Gasteiger partial charge in [0.2, 0.25) is 0 Å². The van der Waals surface area contributed by atoms with Crippen LogP contribution >= 0.6 is 0 Å². The number of nitrogens with zero attached hydrogens (tertiary/aromatic N) is 1. The molecule has 4 nitrogen and oxygen atoms in total. The molecule has 0 amide bonds. The fraction of sp³-hybridized carbons (Fsp3) is 0.364. The third kappa shape index (κ3) is 1.63. The van der Waals surface area contributed by atoms with Gasteiger partial charge in [0, 0.05) is 5.69 Å². The summed E-state index contributed by atoms with van der Waals surface area (Å²) >= 11 is 0. The lowest BCUT2D eigenvalue weighted by Crippen LogP contribution is -2.03. The van der Waals surface area contributed by atoms with Gasteiger partial charge in [0.25, 0.3) is 0 Å². The minimum atomic E-state index is -0.358. The summed E-state index contributed by atoms with van der Waals surface area (Å²) in [5.74, 6) is 0.421. The molecule has 0 unspecified atom stereocenters. The molecule has 4 heteroatoms. The Kier molecular flexibility index (Phi) is 2.26. The Morgan fingerprint density at radius 1 is 1.47 bits per heavy atom. The van der Waals surface area contributed by atoms with Gasteiger partial charge >= 0.3 is 5.63 Å². The van der Waals surface area contributed by atoms with Crippen LogP contribution in [0.25, 0.3) is 10.9 Å². The van der Waals surface area contributed by atoms with Crippen LogP contribution in [0.1, 0.15) is 13.8 Å². The Morgan fingerprint density at radius 2 is 2.20 bits per heavy atom. The Balaban J connectivity index is 2.68. The molecule has 1 aromatic heterocycles. The predicted octanol–water partition coefficient (Wildman–Crippen LogP) is 1.83. The molecule has 0 aliphatic rings. The average Bonchev–Trinajstić information content (AvgIpc) is 2.44. The summed E-state index contributed by atoms with van der Waals surface area (Å²) in [6.07, 6.45) is 0. The molecule has 2 rings (SSSR count). The lowest BCUT2D eigenvalue weighted by molar-refractivity contribution is 0.238. The summed E-state index contributed by atoms with van der Waals surface area (Å²) in [5, 5.41) is 0.484. The second kappa shape index (κ2) is 3.46. The van der Waals surface area contributed by atoms with Gasteiger partial charge in [-0.2, -0.15) is 0 Å². The number of hydrogen-bond donors (Lipinski definition) is 1. The summed E-state index contributed by atoms with van der Waals surface area (Å²) in [5.41, 5.74) is 6.62. The van der Waals surface area contributed by atoms with Gasteiger partial charge in [-0.3, -0.25) is 0 Å². The van der Waals surface area contributed by atoms with Gasteiger partial charge in [-0.05, 0) is 18.1 Å². The monoisotopic (exact) mass is 206 g/mol. The lowest BCUT2D eigenvalue weighted by atomic mass is 10.2. The number of fused-ring (bicyclic) bond motifs is 1. The molecule has 0 aliphatic heterocycles. The summed E-state index contributed by atoms with van der Waals surface area (Å²) in [4.78, 5) is 11.5. The quantitative estimate of drug-likeness (QED) is 0.762. The van der Waals surface area contributed by atoms with Crippen LogP contribution in [0.2, 0.25) is 0 Å². The zero-order valence-electron chi connectivity index (χ0n) is 8.86. The molecule has 15 heavy (non-hydrogen) atoms. The van der Waals surface area contributed by atoms with Crippen LogP contribution in [0.15, 0.2) is 27.5 Å². The van der Waals surface area contributed by atoms with E-state index >= 15 is 0 Å². The van der Waals surface area contributed by atoms with Gasteiger partial charge in [0.1, 0.15) is 5.39 Å². The Morgan fingerprint density at radius 3 is 2.87 bits per heavy atom. The molecule has 0 spiro atoms. The van der Waals surface area contributed by atoms with Crippen molar-refractivity contribution in [3.63, 3.8) is 0 Å². The van der Waals surface area contributed by atoms with Gasteiger partial charge in [-0.1, -0.05) is 19.9 Å². The molecule has 0 bridgehead atoms. The Labute approximate surface area is 87.2 Å². The molecule has 2 aromatic rings. The second-order valence-electron chi connectivity index (χ2n) is 4.08. The lowest BCUT2D eigenvalue weighted by Gasteiger charge is -2.04. The van der Waals surface area contributed by atoms with Crippen molar-refractivity contribution in [2.75, 3.05) is 5.73 Å². The first-order valence-corrected chi connectivity index (χ1v) is 4.98. The third-order valence-corrected chi connectivity index (χ3v) is 2.27. The fourth-order valence-electron chi connectivity index (χ4n) is 1.65. The molecule has 80 valence electrons. The highest BCUT2D eigenvalue weighted by Crippen LogP contribution is 2.18. The van der Waals surface area contributed by atoms with Crippen molar-refractivity contribution >= 4 is 16.6 Å². The van der Waals surface area contributed by atoms with E-state index in [0.29, 0.717) is 23.5 Å². The first-order chi connectivity index (χ1) is 7.09. The minimum absolute atomic E-state index is 0.358. The molecular weight excluding hydrogens is 192 g/mol. The zero-order valence-corrected chi connectivity index (χ0v) is 8.86. The predicted molar refractivity (Wildman–Crippen MR) is 59.7 cm³/mol. The highest BCUT2D eigenvalue weighted by molar-refractivity contribution is 5.89. The molecule has 0 aliphatic carbocycles. The number of nitrogens with two attached hydrogens (primary N) is 1. The minimum Gasteiger partial charge on any atom is -0.398 e. The summed E-state index contributed by atoms with van der Waals surface area (Å²) in [7, 11) is 0. The maximum atomic E-state index is 11.5. The van der Waals surface area contributed by atoms with Crippen molar-refractivity contribution in [3.8, 4) is 0 Å². The largest absolute Gasteiger partial charge is 0.398 e. The van der Waals surface area contributed by atoms with Crippen LogP contribution in [0, 0.1) is 5.92 Å². The summed E-state index contributed by atoms with van der Waals surface area (Å²) in [6.45, 7) is 4.82. The Hall–Kier alpha value is -1.71. The number of benzene rings is 1. The topological polar surface area (TPSA) is 61.2 Å². The Bertz CT molecular complexity index is 537. The van der Waals surface area contributed by atoms with Crippen LogP contribution in [-0.4, -0.2) is 4.74 Å². The van der Waals surface area contributed by atoms with Gasteiger partial charge in [-0.15, -0.1) is 0 Å². The number of rotatable bonds is 2. The molecule has 2 N–H and O–H groups in total. The van der Waals surface area contributed by atoms with Crippen molar-refractivity contribution in [1.29, 1.82) is 0 Å². The van der Waals surface area contributed by atoms with Crippen LogP contribution < -0.4 is 11.4 Å². The molecule has 0 saturated carbocycles. The van der Waals surface area contributed by atoms with Crippen molar-refractivity contribution in [3.05, 3.63) is 28.6 Å². The van der Waals surface area contributed by atoms with E-state index in [4.69, 9.17) is 10.3 Å². The van der Waals surface area contributed by atoms with E-state index in [2.05, 4.69) is 13.8 Å². The SMILES string of the molecule is CC(C)Cn1oc(=O)c2c(N)cccc21. The maximum Gasteiger partial charge on any atom is 0.367 e. The summed E-state index contributed by atoms with van der Waals surface area (Å²) in [6, 6.07) is 5.38. The number of aromatic nitrogens is 1. The molecule has 0 fully saturated rings. The van der Waals surface area contributed by atoms with Crippen molar-refractivity contribution in [1.82, 2.24) is 4.74 Å². The number of nitrogen functional groups attached to an aromatic ring is 1. The van der Waals surface area contributed by atoms with E-state index in [1.54, 1.807) is 10.8 Å². The standard InChI is InChI=1S/C11H14N2O2/c1-7(2)6-13-9-5-3-4-8(12)10(9)11(14)15-13/h3-5,7H,6,12H2,1-2H3. The van der Waals surface area contributed by atoms with Crippen LogP contribution in [0.3, 0.4) is 0 Å². The van der Waals surface area contributed by atoms with Gasteiger partial charge in [0.05, 0.1) is 12.1 Å². The van der Waals surface area contributed by atoms with E-state index in [1.165, 1.54) is 0 Å². The van der Waals surface area contributed by atoms with Gasteiger partial charge < -0.3 is 10.3 Å². The second-order valence-corrected chi connectivity index (χ2v) is 4.08.